The zero-order valence-electron chi connectivity index (χ0n) is 13.8. The second-order valence-corrected chi connectivity index (χ2v) is 5.71. The lowest BCUT2D eigenvalue weighted by Crippen LogP contribution is -1.95. The standard InChI is InChI=1S/C22H21NO/c1-18(21-10-6-3-7-11-21)23-16-19-12-14-22(15-13-19)24-17-20-8-4-2-5-9-20/h2-16,18H,17H2,1H3/b23-16-/t18-/m0/s1. The average molecular weight is 315 g/mol. The fraction of sp³-hybridized carbons (Fsp3) is 0.136. The Morgan fingerprint density at radius 2 is 1.46 bits per heavy atom. The number of hydrogen-bond acceptors (Lipinski definition) is 2. The molecule has 0 heterocycles. The zero-order valence-corrected chi connectivity index (χ0v) is 13.8. The predicted octanol–water partition coefficient (Wildman–Crippen LogP) is 5.45. The van der Waals surface area contributed by atoms with Gasteiger partial charge in [0.25, 0.3) is 0 Å². The third-order valence-corrected chi connectivity index (χ3v) is 3.86. The summed E-state index contributed by atoms with van der Waals surface area (Å²) in [5, 5.41) is 0. The minimum Gasteiger partial charge on any atom is -0.489 e. The quantitative estimate of drug-likeness (QED) is 0.555. The molecule has 24 heavy (non-hydrogen) atoms. The summed E-state index contributed by atoms with van der Waals surface area (Å²) in [6, 6.07) is 28.7. The molecule has 0 saturated carbocycles. The van der Waals surface area contributed by atoms with Crippen molar-refractivity contribution in [1.82, 2.24) is 0 Å². The van der Waals surface area contributed by atoms with E-state index in [1.807, 2.05) is 66.9 Å². The van der Waals surface area contributed by atoms with Crippen molar-refractivity contribution in [3.8, 4) is 5.75 Å². The fourth-order valence-corrected chi connectivity index (χ4v) is 2.41. The van der Waals surface area contributed by atoms with Gasteiger partial charge in [-0.15, -0.1) is 0 Å². The summed E-state index contributed by atoms with van der Waals surface area (Å²) in [4.78, 5) is 4.62. The van der Waals surface area contributed by atoms with Gasteiger partial charge in [0.2, 0.25) is 0 Å². The van der Waals surface area contributed by atoms with Crippen LogP contribution in [0.15, 0.2) is 89.9 Å². The minimum atomic E-state index is 0.153. The van der Waals surface area contributed by atoms with Crippen LogP contribution in [0, 0.1) is 0 Å². The molecule has 3 aromatic rings. The highest BCUT2D eigenvalue weighted by Gasteiger charge is 2.01. The summed E-state index contributed by atoms with van der Waals surface area (Å²) in [7, 11) is 0. The largest absolute Gasteiger partial charge is 0.489 e. The topological polar surface area (TPSA) is 21.6 Å². The Bertz CT molecular complexity index is 764. The van der Waals surface area contributed by atoms with Crippen LogP contribution in [0.3, 0.4) is 0 Å². The van der Waals surface area contributed by atoms with Crippen molar-refractivity contribution in [2.24, 2.45) is 4.99 Å². The number of benzene rings is 3. The summed E-state index contributed by atoms with van der Waals surface area (Å²) < 4.78 is 5.80. The van der Waals surface area contributed by atoms with E-state index in [1.54, 1.807) is 0 Å². The highest BCUT2D eigenvalue weighted by Crippen LogP contribution is 2.17. The van der Waals surface area contributed by atoms with Crippen molar-refractivity contribution in [3.05, 3.63) is 102 Å². The van der Waals surface area contributed by atoms with Crippen LogP contribution >= 0.6 is 0 Å². The molecule has 2 heteroatoms. The van der Waals surface area contributed by atoms with Gasteiger partial charge in [0.1, 0.15) is 12.4 Å². The fourth-order valence-electron chi connectivity index (χ4n) is 2.41. The van der Waals surface area contributed by atoms with Gasteiger partial charge < -0.3 is 4.74 Å². The van der Waals surface area contributed by atoms with Crippen molar-refractivity contribution in [2.45, 2.75) is 19.6 Å². The molecule has 0 aromatic heterocycles. The summed E-state index contributed by atoms with van der Waals surface area (Å²) in [5.41, 5.74) is 3.46. The van der Waals surface area contributed by atoms with E-state index >= 15 is 0 Å². The molecule has 0 N–H and O–H groups in total. The summed E-state index contributed by atoms with van der Waals surface area (Å²) in [5.74, 6) is 0.868. The minimum absolute atomic E-state index is 0.153. The number of hydrogen-bond donors (Lipinski definition) is 0. The molecule has 2 nitrogen and oxygen atoms in total. The molecule has 0 aliphatic rings. The van der Waals surface area contributed by atoms with Crippen molar-refractivity contribution in [3.63, 3.8) is 0 Å². The van der Waals surface area contributed by atoms with E-state index in [1.165, 1.54) is 11.1 Å². The highest BCUT2D eigenvalue weighted by atomic mass is 16.5. The zero-order chi connectivity index (χ0) is 16.6. The van der Waals surface area contributed by atoms with E-state index in [0.29, 0.717) is 6.61 Å². The van der Waals surface area contributed by atoms with E-state index < -0.39 is 0 Å². The van der Waals surface area contributed by atoms with E-state index in [2.05, 4.69) is 36.2 Å². The monoisotopic (exact) mass is 315 g/mol. The van der Waals surface area contributed by atoms with Gasteiger partial charge in [-0.2, -0.15) is 0 Å². The van der Waals surface area contributed by atoms with Crippen LogP contribution in [0.2, 0.25) is 0 Å². The van der Waals surface area contributed by atoms with Crippen LogP contribution in [0.1, 0.15) is 29.7 Å². The van der Waals surface area contributed by atoms with Gasteiger partial charge in [0.05, 0.1) is 6.04 Å². The number of nitrogens with zero attached hydrogens (tertiary/aromatic N) is 1. The molecule has 0 amide bonds. The van der Waals surface area contributed by atoms with Gasteiger partial charge in [-0.25, -0.2) is 0 Å². The lowest BCUT2D eigenvalue weighted by molar-refractivity contribution is 0.306. The maximum Gasteiger partial charge on any atom is 0.119 e. The first-order valence-electron chi connectivity index (χ1n) is 8.16. The van der Waals surface area contributed by atoms with Gasteiger partial charge in [-0.1, -0.05) is 60.7 Å². The number of aliphatic imine (C=N–C) groups is 1. The molecule has 0 aliphatic heterocycles. The highest BCUT2D eigenvalue weighted by molar-refractivity contribution is 5.79. The van der Waals surface area contributed by atoms with Gasteiger partial charge in [-0.3, -0.25) is 4.99 Å². The van der Waals surface area contributed by atoms with Gasteiger partial charge in [-0.05, 0) is 47.9 Å². The van der Waals surface area contributed by atoms with Crippen LogP contribution < -0.4 is 4.74 Å². The van der Waals surface area contributed by atoms with Crippen molar-refractivity contribution < 1.29 is 4.74 Å². The van der Waals surface area contributed by atoms with Crippen molar-refractivity contribution in [1.29, 1.82) is 0 Å². The summed E-state index contributed by atoms with van der Waals surface area (Å²) in [6.07, 6.45) is 1.92. The van der Waals surface area contributed by atoms with Gasteiger partial charge in [0, 0.05) is 6.21 Å². The Morgan fingerprint density at radius 1 is 0.833 bits per heavy atom. The summed E-state index contributed by atoms with van der Waals surface area (Å²) in [6.45, 7) is 2.68. The second-order valence-electron chi connectivity index (χ2n) is 5.71. The molecule has 0 bridgehead atoms. The first-order chi connectivity index (χ1) is 11.8. The van der Waals surface area contributed by atoms with Gasteiger partial charge >= 0.3 is 0 Å². The Balaban J connectivity index is 1.57. The van der Waals surface area contributed by atoms with Crippen LogP contribution in [-0.2, 0) is 6.61 Å². The van der Waals surface area contributed by atoms with E-state index in [-0.39, 0.29) is 6.04 Å². The predicted molar refractivity (Wildman–Crippen MR) is 99.7 cm³/mol. The first kappa shape index (κ1) is 16.0. The van der Waals surface area contributed by atoms with Crippen LogP contribution in [-0.4, -0.2) is 6.21 Å². The average Bonchev–Trinajstić information content (AvgIpc) is 2.67. The molecule has 1 atom stereocenters. The smallest absolute Gasteiger partial charge is 0.119 e. The van der Waals surface area contributed by atoms with E-state index in [4.69, 9.17) is 4.74 Å². The molecule has 0 spiro atoms. The van der Waals surface area contributed by atoms with Gasteiger partial charge in [0.15, 0.2) is 0 Å². The van der Waals surface area contributed by atoms with E-state index in [0.717, 1.165) is 11.3 Å². The van der Waals surface area contributed by atoms with Crippen LogP contribution in [0.25, 0.3) is 0 Å². The molecule has 3 rings (SSSR count). The Hall–Kier alpha value is -2.87. The van der Waals surface area contributed by atoms with E-state index in [9.17, 15) is 0 Å². The third-order valence-electron chi connectivity index (χ3n) is 3.86. The molecule has 0 aliphatic carbocycles. The molecule has 120 valence electrons. The Labute approximate surface area is 143 Å². The van der Waals surface area contributed by atoms with Crippen LogP contribution in [0.5, 0.6) is 5.75 Å². The molecule has 0 fully saturated rings. The normalized spacial score (nSPS) is 12.2. The lowest BCUT2D eigenvalue weighted by Gasteiger charge is -2.07. The molecule has 0 radical (unpaired) electrons. The van der Waals surface area contributed by atoms with Crippen LogP contribution in [0.4, 0.5) is 0 Å². The SMILES string of the molecule is C[C@H](/N=C\c1ccc(OCc2ccccc2)cc1)c1ccccc1. The number of ether oxygens (including phenoxy) is 1. The number of rotatable bonds is 6. The maximum absolute atomic E-state index is 5.80. The molecule has 0 unspecified atom stereocenters. The maximum atomic E-state index is 5.80. The Morgan fingerprint density at radius 3 is 2.12 bits per heavy atom. The summed E-state index contributed by atoms with van der Waals surface area (Å²) >= 11 is 0. The first-order valence-corrected chi connectivity index (χ1v) is 8.16. The molecular formula is C22H21NO. The van der Waals surface area contributed by atoms with Crippen molar-refractivity contribution in [2.75, 3.05) is 0 Å². The molecular weight excluding hydrogens is 294 g/mol. The lowest BCUT2D eigenvalue weighted by atomic mass is 10.1. The third kappa shape index (κ3) is 4.56. The Kier molecular flexibility index (Phi) is 5.41. The molecule has 3 aromatic carbocycles. The van der Waals surface area contributed by atoms with Crippen molar-refractivity contribution >= 4 is 6.21 Å². The molecule has 0 saturated heterocycles. The second kappa shape index (κ2) is 8.11.